The molecule has 13 heavy (non-hydrogen) atoms. The van der Waals surface area contributed by atoms with E-state index < -0.39 is 3.79 Å². The maximum Gasteiger partial charge on any atom is 0.215 e. The van der Waals surface area contributed by atoms with Gasteiger partial charge in [-0.3, -0.25) is 0 Å². The van der Waals surface area contributed by atoms with E-state index in [0.717, 1.165) is 0 Å². The molecule has 1 N–H and O–H groups in total. The number of alkyl halides is 3. The zero-order valence-electron chi connectivity index (χ0n) is 8.03. The second kappa shape index (κ2) is 5.57. The van der Waals surface area contributed by atoms with E-state index in [1.54, 1.807) is 28.6 Å². The molecule has 0 spiro atoms. The molecule has 1 atom stereocenters. The van der Waals surface area contributed by atoms with Crippen LogP contribution in [0, 0.1) is 0 Å². The molecule has 0 aromatic rings. The van der Waals surface area contributed by atoms with Gasteiger partial charge in [0.25, 0.3) is 0 Å². The Morgan fingerprint density at radius 1 is 1.15 bits per heavy atom. The van der Waals surface area contributed by atoms with Gasteiger partial charge in [-0.15, -0.1) is 0 Å². The summed E-state index contributed by atoms with van der Waals surface area (Å²) in [6.07, 6.45) is 0. The first-order valence-corrected chi connectivity index (χ1v) is 7.10. The Balaban J connectivity index is 4.02. The molecule has 0 saturated carbocycles. The van der Waals surface area contributed by atoms with Crippen molar-refractivity contribution in [3.05, 3.63) is 0 Å². The first-order valence-electron chi connectivity index (χ1n) is 3.75. The third-order valence-electron chi connectivity index (χ3n) is 0.954. The first kappa shape index (κ1) is 14.5. The summed E-state index contributed by atoms with van der Waals surface area (Å²) in [5.41, 5.74) is 0. The quantitative estimate of drug-likeness (QED) is 0.476. The zero-order chi connectivity index (χ0) is 10.7. The van der Waals surface area contributed by atoms with Crippen LogP contribution in [-0.2, 0) is 0 Å². The summed E-state index contributed by atoms with van der Waals surface area (Å²) in [4.78, 5) is 0. The lowest BCUT2D eigenvalue weighted by atomic mass is 10.3. The summed E-state index contributed by atoms with van der Waals surface area (Å²) < 4.78 is -1.10. The van der Waals surface area contributed by atoms with Crippen LogP contribution in [0.5, 0.6) is 0 Å². The van der Waals surface area contributed by atoms with Crippen molar-refractivity contribution in [2.45, 2.75) is 34.7 Å². The highest BCUT2D eigenvalue weighted by Crippen LogP contribution is 2.45. The van der Waals surface area contributed by atoms with E-state index in [1.165, 1.54) is 0 Å². The van der Waals surface area contributed by atoms with Gasteiger partial charge in [0, 0.05) is 4.75 Å². The fraction of sp³-hybridized carbons (Fsp3) is 1.00. The Bertz CT molecular complexity index is 153. The molecule has 0 aromatic heterocycles. The number of rotatable bonds is 3. The summed E-state index contributed by atoms with van der Waals surface area (Å²) in [6, 6.07) is 0. The highest BCUT2D eigenvalue weighted by atomic mass is 35.6. The molecule has 0 amide bonds. The summed E-state index contributed by atoms with van der Waals surface area (Å²) >= 11 is 17.3. The van der Waals surface area contributed by atoms with Gasteiger partial charge in [0.15, 0.2) is 0 Å². The second-order valence-corrected chi connectivity index (χ2v) is 9.00. The van der Waals surface area contributed by atoms with Gasteiger partial charge >= 0.3 is 0 Å². The lowest BCUT2D eigenvalue weighted by Crippen LogP contribution is -2.34. The van der Waals surface area contributed by atoms with Crippen LogP contribution < -0.4 is 5.32 Å². The Morgan fingerprint density at radius 3 is 1.85 bits per heavy atom. The van der Waals surface area contributed by atoms with Gasteiger partial charge in [-0.25, -0.2) is 0 Å². The summed E-state index contributed by atoms with van der Waals surface area (Å²) in [6.45, 7) is 6.36. The lowest BCUT2D eigenvalue weighted by Gasteiger charge is -2.26. The van der Waals surface area contributed by atoms with Gasteiger partial charge in [-0.05, 0) is 7.05 Å². The summed E-state index contributed by atoms with van der Waals surface area (Å²) in [5.74, 6) is 0. The van der Waals surface area contributed by atoms with Crippen molar-refractivity contribution < 1.29 is 0 Å². The minimum absolute atomic E-state index is 0.162. The van der Waals surface area contributed by atoms with E-state index in [9.17, 15) is 0 Å². The van der Waals surface area contributed by atoms with E-state index in [-0.39, 0.29) is 10.1 Å². The predicted molar refractivity (Wildman–Crippen MR) is 68.1 cm³/mol. The van der Waals surface area contributed by atoms with Crippen LogP contribution in [0.2, 0.25) is 0 Å². The summed E-state index contributed by atoms with van der Waals surface area (Å²) in [5, 5.41) is 2.77. The molecule has 6 heteroatoms. The van der Waals surface area contributed by atoms with Crippen LogP contribution in [0.3, 0.4) is 0 Å². The average molecular weight is 283 g/mol. The highest BCUT2D eigenvalue weighted by molar-refractivity contribution is 8.77. The van der Waals surface area contributed by atoms with Gasteiger partial charge in [0.1, 0.15) is 5.37 Å². The molecular formula is C7H14Cl3NS2. The highest BCUT2D eigenvalue weighted by Gasteiger charge is 2.33. The minimum atomic E-state index is -1.27. The smallest absolute Gasteiger partial charge is 0.215 e. The van der Waals surface area contributed by atoms with Crippen molar-refractivity contribution in [3.8, 4) is 0 Å². The Labute approximate surface area is 103 Å². The molecule has 0 aliphatic carbocycles. The molecule has 1 nitrogen and oxygen atoms in total. The number of halogens is 3. The van der Waals surface area contributed by atoms with E-state index in [2.05, 4.69) is 26.1 Å². The van der Waals surface area contributed by atoms with E-state index in [1.807, 2.05) is 0 Å². The molecule has 0 rings (SSSR count). The minimum Gasteiger partial charge on any atom is -0.304 e. The van der Waals surface area contributed by atoms with Crippen LogP contribution >= 0.6 is 56.4 Å². The van der Waals surface area contributed by atoms with Crippen molar-refractivity contribution in [2.75, 3.05) is 7.05 Å². The molecule has 0 aliphatic heterocycles. The normalized spacial score (nSPS) is 15.9. The zero-order valence-corrected chi connectivity index (χ0v) is 11.9. The van der Waals surface area contributed by atoms with Gasteiger partial charge in [-0.1, -0.05) is 77.2 Å². The van der Waals surface area contributed by atoms with Crippen LogP contribution in [0.4, 0.5) is 0 Å². The molecule has 0 aromatic carbocycles. The van der Waals surface area contributed by atoms with Crippen molar-refractivity contribution in [3.63, 3.8) is 0 Å². The van der Waals surface area contributed by atoms with Crippen molar-refractivity contribution in [1.29, 1.82) is 0 Å². The number of nitrogens with one attached hydrogen (secondary N) is 1. The largest absolute Gasteiger partial charge is 0.304 e. The molecule has 80 valence electrons. The van der Waals surface area contributed by atoms with Crippen molar-refractivity contribution >= 4 is 56.4 Å². The van der Waals surface area contributed by atoms with Crippen molar-refractivity contribution in [1.82, 2.24) is 5.32 Å². The fourth-order valence-electron chi connectivity index (χ4n) is 0.459. The standard InChI is InChI=1S/C7H14Cl3NS2/c1-6(2,3)13-12-5(11-4)7(8,9)10/h5,11H,1-4H3. The third-order valence-corrected chi connectivity index (χ3v) is 5.74. The Morgan fingerprint density at radius 2 is 1.62 bits per heavy atom. The summed E-state index contributed by atoms with van der Waals surface area (Å²) in [7, 11) is 5.02. The monoisotopic (exact) mass is 281 g/mol. The maximum absolute atomic E-state index is 5.76. The average Bonchev–Trinajstić information content (AvgIpc) is 1.82. The van der Waals surface area contributed by atoms with E-state index in [4.69, 9.17) is 34.8 Å². The van der Waals surface area contributed by atoms with Crippen LogP contribution in [0.1, 0.15) is 20.8 Å². The van der Waals surface area contributed by atoms with Crippen LogP contribution in [-0.4, -0.2) is 21.0 Å². The number of hydrogen-bond acceptors (Lipinski definition) is 3. The van der Waals surface area contributed by atoms with Gasteiger partial charge < -0.3 is 5.32 Å². The molecule has 1 unspecified atom stereocenters. The van der Waals surface area contributed by atoms with Gasteiger partial charge in [-0.2, -0.15) is 0 Å². The molecule has 0 saturated heterocycles. The van der Waals surface area contributed by atoms with Gasteiger partial charge in [0.2, 0.25) is 3.79 Å². The molecule has 0 heterocycles. The SMILES string of the molecule is CNC(SSC(C)(C)C)C(Cl)(Cl)Cl. The van der Waals surface area contributed by atoms with Crippen LogP contribution in [0.25, 0.3) is 0 Å². The topological polar surface area (TPSA) is 12.0 Å². The first-order chi connectivity index (χ1) is 5.67. The third kappa shape index (κ3) is 7.46. The lowest BCUT2D eigenvalue weighted by molar-refractivity contribution is 0.760. The second-order valence-electron chi connectivity index (χ2n) is 3.50. The number of hydrogen-bond donors (Lipinski definition) is 1. The molecular weight excluding hydrogens is 269 g/mol. The maximum atomic E-state index is 5.76. The van der Waals surface area contributed by atoms with Crippen LogP contribution in [0.15, 0.2) is 0 Å². The van der Waals surface area contributed by atoms with E-state index >= 15 is 0 Å². The molecule has 0 fully saturated rings. The predicted octanol–water partition coefficient (Wildman–Crippen LogP) is 4.08. The Hall–Kier alpha value is 1.53. The van der Waals surface area contributed by atoms with E-state index in [0.29, 0.717) is 0 Å². The van der Waals surface area contributed by atoms with Gasteiger partial charge in [0.05, 0.1) is 0 Å². The van der Waals surface area contributed by atoms with Crippen molar-refractivity contribution in [2.24, 2.45) is 0 Å². The Kier molecular flexibility index (Phi) is 6.22. The fourth-order valence-corrected chi connectivity index (χ4v) is 4.13. The molecule has 0 radical (unpaired) electrons. The molecule has 0 aliphatic rings. The molecule has 0 bridgehead atoms.